The van der Waals surface area contributed by atoms with Gasteiger partial charge >= 0.3 is 0 Å². The number of nitrogens with zero attached hydrogens (tertiary/aromatic N) is 2. The average Bonchev–Trinajstić information content (AvgIpc) is 2.89. The van der Waals surface area contributed by atoms with Gasteiger partial charge in [-0.25, -0.2) is 0 Å². The zero-order valence-electron chi connectivity index (χ0n) is 20.9. The fourth-order valence-electron chi connectivity index (χ4n) is 4.44. The van der Waals surface area contributed by atoms with E-state index in [0.29, 0.717) is 56.7 Å². The summed E-state index contributed by atoms with van der Waals surface area (Å²) in [6.45, 7) is 10.9. The molecule has 0 bridgehead atoms. The van der Waals surface area contributed by atoms with Crippen molar-refractivity contribution in [1.82, 2.24) is 9.97 Å². The van der Waals surface area contributed by atoms with E-state index >= 15 is 0 Å². The number of benzene rings is 2. The van der Waals surface area contributed by atoms with Gasteiger partial charge in [-0.1, -0.05) is 18.7 Å². The summed E-state index contributed by atoms with van der Waals surface area (Å²) >= 11 is 0. The number of phenols is 4. The van der Waals surface area contributed by atoms with Gasteiger partial charge in [0.2, 0.25) is 0 Å². The van der Waals surface area contributed by atoms with Crippen LogP contribution in [-0.2, 0) is 12.8 Å². The van der Waals surface area contributed by atoms with Gasteiger partial charge in [0.15, 0.2) is 0 Å². The van der Waals surface area contributed by atoms with E-state index in [9.17, 15) is 20.4 Å². The van der Waals surface area contributed by atoms with Crippen molar-refractivity contribution >= 4 is 12.7 Å². The van der Waals surface area contributed by atoms with E-state index in [4.69, 9.17) is 0 Å². The van der Waals surface area contributed by atoms with Gasteiger partial charge in [0.05, 0.1) is 0 Å². The summed E-state index contributed by atoms with van der Waals surface area (Å²) in [6.07, 6.45) is 7.71. The number of pyridine rings is 2. The Kier molecular flexibility index (Phi) is 6.71. The summed E-state index contributed by atoms with van der Waals surface area (Å²) < 4.78 is 0. The van der Waals surface area contributed by atoms with Crippen LogP contribution >= 0.6 is 0 Å². The lowest BCUT2D eigenvalue weighted by atomic mass is 9.91. The molecule has 6 heteroatoms. The summed E-state index contributed by atoms with van der Waals surface area (Å²) in [7, 11) is 0. The van der Waals surface area contributed by atoms with E-state index in [0.717, 1.165) is 16.8 Å². The molecule has 0 saturated carbocycles. The van der Waals surface area contributed by atoms with Gasteiger partial charge in [-0.2, -0.15) is 0 Å². The van der Waals surface area contributed by atoms with Crippen molar-refractivity contribution in [3.8, 4) is 23.0 Å². The zero-order valence-corrected chi connectivity index (χ0v) is 20.9. The van der Waals surface area contributed by atoms with Crippen molar-refractivity contribution in [3.63, 3.8) is 0 Å². The van der Waals surface area contributed by atoms with Gasteiger partial charge in [-0.3, -0.25) is 9.97 Å². The monoisotopic (exact) mass is 482 g/mol. The Hall–Kier alpha value is -4.32. The quantitative estimate of drug-likeness (QED) is 0.321. The Morgan fingerprint density at radius 1 is 0.750 bits per heavy atom. The Labute approximate surface area is 210 Å². The second-order valence-electron chi connectivity index (χ2n) is 9.19. The molecular weight excluding hydrogens is 452 g/mol. The second-order valence-corrected chi connectivity index (χ2v) is 9.19. The van der Waals surface area contributed by atoms with E-state index in [1.54, 1.807) is 52.4 Å². The van der Waals surface area contributed by atoms with E-state index in [1.165, 1.54) is 0 Å². The fraction of sp³-hybridized carbons (Fsp3) is 0.200. The van der Waals surface area contributed by atoms with Crippen LogP contribution in [-0.4, -0.2) is 30.4 Å². The highest BCUT2D eigenvalue weighted by molar-refractivity contribution is 5.60. The van der Waals surface area contributed by atoms with Crippen LogP contribution in [0.25, 0.3) is 12.7 Å². The summed E-state index contributed by atoms with van der Waals surface area (Å²) in [6, 6.07) is 7.49. The second kappa shape index (κ2) is 9.74. The van der Waals surface area contributed by atoms with Crippen LogP contribution in [0.3, 0.4) is 0 Å². The Bertz CT molecular complexity index is 1500. The summed E-state index contributed by atoms with van der Waals surface area (Å²) in [5.41, 5.74) is 6.06. The van der Waals surface area contributed by atoms with Crippen LogP contribution in [0, 0.1) is 27.7 Å². The minimum absolute atomic E-state index is 0.0641. The maximum absolute atomic E-state index is 11.0. The molecule has 4 rings (SSSR count). The van der Waals surface area contributed by atoms with Gasteiger partial charge in [-0.05, 0) is 68.2 Å². The van der Waals surface area contributed by atoms with Crippen LogP contribution in [0.15, 0.2) is 42.9 Å². The Morgan fingerprint density at radius 2 is 1.42 bits per heavy atom. The molecule has 36 heavy (non-hydrogen) atoms. The zero-order chi connectivity index (χ0) is 26.1. The molecule has 2 heterocycles. The third kappa shape index (κ3) is 4.50. The first-order chi connectivity index (χ1) is 17.1. The third-order valence-corrected chi connectivity index (χ3v) is 6.92. The summed E-state index contributed by atoms with van der Waals surface area (Å²) in [5.74, 6) is 0.469. The summed E-state index contributed by atoms with van der Waals surface area (Å²) in [4.78, 5) is 8.66. The third-order valence-electron chi connectivity index (χ3n) is 6.92. The van der Waals surface area contributed by atoms with Crippen molar-refractivity contribution in [1.29, 1.82) is 0 Å². The van der Waals surface area contributed by atoms with Crippen molar-refractivity contribution in [3.05, 3.63) is 103 Å². The van der Waals surface area contributed by atoms with E-state index in [-0.39, 0.29) is 23.0 Å². The molecule has 184 valence electrons. The van der Waals surface area contributed by atoms with Crippen LogP contribution in [0.2, 0.25) is 0 Å². The molecule has 0 amide bonds. The molecule has 0 unspecified atom stereocenters. The van der Waals surface area contributed by atoms with Gasteiger partial charge in [-0.15, -0.1) is 0 Å². The molecule has 0 atom stereocenters. The van der Waals surface area contributed by atoms with Gasteiger partial charge < -0.3 is 20.4 Å². The van der Waals surface area contributed by atoms with E-state index < -0.39 is 0 Å². The standard InChI is InChI=1S/C30H30N2O4/c1-16-17(2)28(34)24(18(3)27(16)33)12-22-8-9-23(32-15-22)13-26-20(5)29(35)25(19(4)30(26)36)11-21-7-6-10-31-14-21/h6-10,12,14-15,33-36H,1,11,13H2,2-5H3/b24-12+. The predicted molar refractivity (Wildman–Crippen MR) is 141 cm³/mol. The number of aromatic hydroxyl groups is 4. The van der Waals surface area contributed by atoms with Crippen LogP contribution in [0.4, 0.5) is 0 Å². The number of rotatable bonds is 5. The molecule has 0 saturated heterocycles. The topological polar surface area (TPSA) is 107 Å². The molecule has 0 spiro atoms. The molecular formula is C30H30N2O4. The minimum Gasteiger partial charge on any atom is -0.507 e. The van der Waals surface area contributed by atoms with E-state index in [1.807, 2.05) is 24.3 Å². The van der Waals surface area contributed by atoms with Crippen molar-refractivity contribution < 1.29 is 20.4 Å². The summed E-state index contributed by atoms with van der Waals surface area (Å²) in [5, 5.41) is 43.8. The van der Waals surface area contributed by atoms with E-state index in [2.05, 4.69) is 16.5 Å². The highest BCUT2D eigenvalue weighted by atomic mass is 16.3. The maximum Gasteiger partial charge on any atom is 0.126 e. The minimum atomic E-state index is 0.0641. The Morgan fingerprint density at radius 3 is 2.00 bits per heavy atom. The lowest BCUT2D eigenvalue weighted by Crippen LogP contribution is -2.17. The molecule has 0 aliphatic rings. The molecule has 6 nitrogen and oxygen atoms in total. The molecule has 0 fully saturated rings. The van der Waals surface area contributed by atoms with Crippen molar-refractivity contribution in [2.75, 3.05) is 0 Å². The first-order valence-electron chi connectivity index (χ1n) is 11.7. The number of phenolic OH excluding ortho intramolecular Hbond substituents is 4. The molecule has 4 aromatic rings. The number of hydrogen-bond acceptors (Lipinski definition) is 6. The largest absolute Gasteiger partial charge is 0.507 e. The van der Waals surface area contributed by atoms with Crippen LogP contribution < -0.4 is 10.4 Å². The highest BCUT2D eigenvalue weighted by Crippen LogP contribution is 2.38. The maximum atomic E-state index is 11.0. The predicted octanol–water partition coefficient (Wildman–Crippen LogP) is 3.95. The smallest absolute Gasteiger partial charge is 0.126 e. The number of hydrogen-bond donors (Lipinski definition) is 4. The average molecular weight is 483 g/mol. The van der Waals surface area contributed by atoms with Crippen LogP contribution in [0.1, 0.15) is 50.2 Å². The lowest BCUT2D eigenvalue weighted by Gasteiger charge is -2.18. The number of aromatic nitrogens is 2. The normalized spacial score (nSPS) is 11.7. The molecule has 0 aliphatic heterocycles. The van der Waals surface area contributed by atoms with Gasteiger partial charge in [0.1, 0.15) is 23.0 Å². The first-order valence-corrected chi connectivity index (χ1v) is 11.7. The molecule has 2 aromatic heterocycles. The molecule has 0 aliphatic carbocycles. The molecule has 4 N–H and O–H groups in total. The molecule has 2 aromatic carbocycles. The molecule has 0 radical (unpaired) electrons. The lowest BCUT2D eigenvalue weighted by molar-refractivity contribution is 0.443. The fourth-order valence-corrected chi connectivity index (χ4v) is 4.44. The Balaban J connectivity index is 1.66. The van der Waals surface area contributed by atoms with Crippen LogP contribution in [0.5, 0.6) is 23.0 Å². The van der Waals surface area contributed by atoms with Crippen molar-refractivity contribution in [2.24, 2.45) is 0 Å². The SMILES string of the molecule is C=c1c(C)c(O)/c(=C/c2ccc(Cc3c(C)c(O)c(Cc4cccnc4)c(C)c3O)nc2)c(C)c1O. The van der Waals surface area contributed by atoms with Gasteiger partial charge in [0.25, 0.3) is 0 Å². The van der Waals surface area contributed by atoms with Gasteiger partial charge in [0, 0.05) is 69.8 Å². The first kappa shape index (κ1) is 24.8. The van der Waals surface area contributed by atoms with Crippen molar-refractivity contribution in [2.45, 2.75) is 40.5 Å². The highest BCUT2D eigenvalue weighted by Gasteiger charge is 2.20.